The predicted molar refractivity (Wildman–Crippen MR) is 132 cm³/mol. The van der Waals surface area contributed by atoms with Gasteiger partial charge in [-0.3, -0.25) is 0 Å². The van der Waals surface area contributed by atoms with E-state index in [9.17, 15) is 10.1 Å². The standard InChI is InChI=1S/C29H39NO2/c1-4-6-7-8-9-10-11-12-13-14-24-15-17-25(18-16-24)26-19-21-27(22-20-26)32-28(31)29(3,5-2)23-30/h15-22H,4-14H2,1-3H3. The molecule has 0 heterocycles. The molecule has 0 bridgehead atoms. The van der Waals surface area contributed by atoms with Crippen molar-refractivity contribution in [3.8, 4) is 22.9 Å². The highest BCUT2D eigenvalue weighted by molar-refractivity contribution is 5.81. The van der Waals surface area contributed by atoms with Crippen LogP contribution in [-0.2, 0) is 11.2 Å². The molecule has 0 fully saturated rings. The number of nitriles is 1. The van der Waals surface area contributed by atoms with E-state index in [0.717, 1.165) is 17.5 Å². The normalized spacial score (nSPS) is 12.7. The summed E-state index contributed by atoms with van der Waals surface area (Å²) < 4.78 is 5.41. The summed E-state index contributed by atoms with van der Waals surface area (Å²) >= 11 is 0. The summed E-state index contributed by atoms with van der Waals surface area (Å²) in [7, 11) is 0. The lowest BCUT2D eigenvalue weighted by atomic mass is 9.90. The minimum absolute atomic E-state index is 0.422. The summed E-state index contributed by atoms with van der Waals surface area (Å²) in [5.41, 5.74) is 2.51. The number of hydrogen-bond donors (Lipinski definition) is 0. The first-order chi connectivity index (χ1) is 15.5. The molecule has 0 spiro atoms. The van der Waals surface area contributed by atoms with Crippen molar-refractivity contribution < 1.29 is 9.53 Å². The maximum Gasteiger partial charge on any atom is 0.331 e. The van der Waals surface area contributed by atoms with Crippen molar-refractivity contribution in [2.24, 2.45) is 5.41 Å². The zero-order chi connectivity index (χ0) is 23.2. The average Bonchev–Trinajstić information content (AvgIpc) is 2.83. The van der Waals surface area contributed by atoms with Crippen LogP contribution in [0, 0.1) is 16.7 Å². The highest BCUT2D eigenvalue weighted by atomic mass is 16.5. The predicted octanol–water partition coefficient (Wildman–Crippen LogP) is 8.27. The summed E-state index contributed by atoms with van der Waals surface area (Å²) in [4.78, 5) is 12.2. The summed E-state index contributed by atoms with van der Waals surface area (Å²) in [5, 5.41) is 9.23. The highest BCUT2D eigenvalue weighted by Gasteiger charge is 2.33. The molecule has 0 aromatic heterocycles. The number of carbonyl (C=O) groups is 1. The van der Waals surface area contributed by atoms with Crippen molar-refractivity contribution in [2.75, 3.05) is 0 Å². The second-order valence-electron chi connectivity index (χ2n) is 8.99. The largest absolute Gasteiger partial charge is 0.425 e. The third kappa shape index (κ3) is 8.15. The number of esters is 1. The van der Waals surface area contributed by atoms with Crippen molar-refractivity contribution in [1.82, 2.24) is 0 Å². The van der Waals surface area contributed by atoms with Gasteiger partial charge in [-0.15, -0.1) is 0 Å². The van der Waals surface area contributed by atoms with E-state index in [4.69, 9.17) is 4.74 Å². The van der Waals surface area contributed by atoms with Crippen LogP contribution in [-0.4, -0.2) is 5.97 Å². The van der Waals surface area contributed by atoms with E-state index in [2.05, 4.69) is 31.2 Å². The summed E-state index contributed by atoms with van der Waals surface area (Å²) in [6, 6.07) is 18.3. The molecule has 0 radical (unpaired) electrons. The number of rotatable bonds is 14. The van der Waals surface area contributed by atoms with E-state index in [-0.39, 0.29) is 0 Å². The minimum atomic E-state index is -1.11. The molecule has 0 aliphatic carbocycles. The third-order valence-corrected chi connectivity index (χ3v) is 6.33. The van der Waals surface area contributed by atoms with Crippen LogP contribution in [0.1, 0.15) is 90.5 Å². The highest BCUT2D eigenvalue weighted by Crippen LogP contribution is 2.26. The smallest absolute Gasteiger partial charge is 0.331 e. The quantitative estimate of drug-likeness (QED) is 0.171. The zero-order valence-electron chi connectivity index (χ0n) is 20.2. The second kappa shape index (κ2) is 13.7. The van der Waals surface area contributed by atoms with Crippen LogP contribution in [0.25, 0.3) is 11.1 Å². The van der Waals surface area contributed by atoms with Gasteiger partial charge in [-0.2, -0.15) is 5.26 Å². The monoisotopic (exact) mass is 433 g/mol. The lowest BCUT2D eigenvalue weighted by Crippen LogP contribution is -2.29. The SMILES string of the molecule is CCCCCCCCCCCc1ccc(-c2ccc(OC(=O)C(C)(C#N)CC)cc2)cc1. The molecule has 0 N–H and O–H groups in total. The first-order valence-corrected chi connectivity index (χ1v) is 12.4. The number of carbonyl (C=O) groups excluding carboxylic acids is 1. The Morgan fingerprint density at radius 3 is 1.81 bits per heavy atom. The molecule has 0 saturated heterocycles. The second-order valence-corrected chi connectivity index (χ2v) is 8.99. The first-order valence-electron chi connectivity index (χ1n) is 12.4. The van der Waals surface area contributed by atoms with Crippen molar-refractivity contribution in [2.45, 2.75) is 91.4 Å². The molecule has 0 aliphatic heterocycles. The maximum absolute atomic E-state index is 12.2. The molecule has 32 heavy (non-hydrogen) atoms. The minimum Gasteiger partial charge on any atom is -0.425 e. The van der Waals surface area contributed by atoms with E-state index >= 15 is 0 Å². The topological polar surface area (TPSA) is 50.1 Å². The van der Waals surface area contributed by atoms with Crippen molar-refractivity contribution >= 4 is 5.97 Å². The Morgan fingerprint density at radius 2 is 1.31 bits per heavy atom. The number of ether oxygens (including phenoxy) is 1. The fourth-order valence-corrected chi connectivity index (χ4v) is 3.71. The Bertz CT molecular complexity index is 848. The van der Waals surface area contributed by atoms with Crippen molar-refractivity contribution in [1.29, 1.82) is 5.26 Å². The van der Waals surface area contributed by atoms with E-state index in [0.29, 0.717) is 12.2 Å². The number of nitrogens with zero attached hydrogens (tertiary/aromatic N) is 1. The molecule has 3 nitrogen and oxygen atoms in total. The average molecular weight is 434 g/mol. The van der Waals surface area contributed by atoms with Gasteiger partial charge in [0.05, 0.1) is 6.07 Å². The molecule has 0 saturated carbocycles. The van der Waals surface area contributed by atoms with Gasteiger partial charge in [0.2, 0.25) is 0 Å². The van der Waals surface area contributed by atoms with E-state index in [1.165, 1.54) is 63.4 Å². The van der Waals surface area contributed by atoms with Gasteiger partial charge in [-0.25, -0.2) is 4.79 Å². The van der Waals surface area contributed by atoms with Gasteiger partial charge in [-0.1, -0.05) is 102 Å². The molecular weight excluding hydrogens is 394 g/mol. The van der Waals surface area contributed by atoms with E-state index in [1.54, 1.807) is 19.1 Å². The van der Waals surface area contributed by atoms with Gasteiger partial charge >= 0.3 is 5.97 Å². The number of aryl methyl sites for hydroxylation is 1. The summed E-state index contributed by atoms with van der Waals surface area (Å²) in [6.45, 7) is 5.69. The summed E-state index contributed by atoms with van der Waals surface area (Å²) in [5.74, 6) is -0.0354. The van der Waals surface area contributed by atoms with Crippen LogP contribution in [0.3, 0.4) is 0 Å². The lowest BCUT2D eigenvalue weighted by molar-refractivity contribution is -0.141. The Hall–Kier alpha value is -2.60. The fraction of sp³-hybridized carbons (Fsp3) is 0.517. The number of hydrogen-bond acceptors (Lipinski definition) is 3. The Balaban J connectivity index is 1.77. The molecule has 2 aromatic carbocycles. The Labute approximate surface area is 194 Å². The lowest BCUT2D eigenvalue weighted by Gasteiger charge is -2.17. The molecule has 2 aromatic rings. The van der Waals surface area contributed by atoms with Crippen LogP contribution >= 0.6 is 0 Å². The van der Waals surface area contributed by atoms with Crippen LogP contribution in [0.2, 0.25) is 0 Å². The van der Waals surface area contributed by atoms with Gasteiger partial charge < -0.3 is 4.74 Å². The van der Waals surface area contributed by atoms with Gasteiger partial charge in [0.15, 0.2) is 5.41 Å². The van der Waals surface area contributed by atoms with Crippen LogP contribution < -0.4 is 4.74 Å². The van der Waals surface area contributed by atoms with Crippen molar-refractivity contribution in [3.05, 3.63) is 54.1 Å². The molecular formula is C29H39NO2. The molecule has 3 heteroatoms. The van der Waals surface area contributed by atoms with E-state index < -0.39 is 11.4 Å². The summed E-state index contributed by atoms with van der Waals surface area (Å²) in [6.07, 6.45) is 13.8. The van der Waals surface area contributed by atoms with Crippen LogP contribution in [0.4, 0.5) is 0 Å². The van der Waals surface area contributed by atoms with Crippen LogP contribution in [0.5, 0.6) is 5.75 Å². The number of benzene rings is 2. The zero-order valence-corrected chi connectivity index (χ0v) is 20.2. The molecule has 1 atom stereocenters. The fourth-order valence-electron chi connectivity index (χ4n) is 3.71. The van der Waals surface area contributed by atoms with Gasteiger partial charge in [0.1, 0.15) is 5.75 Å². The molecule has 0 amide bonds. The molecule has 0 aliphatic rings. The van der Waals surface area contributed by atoms with Crippen molar-refractivity contribution in [3.63, 3.8) is 0 Å². The molecule has 1 unspecified atom stereocenters. The Kier molecular flexibility index (Phi) is 11.0. The molecule has 2 rings (SSSR count). The van der Waals surface area contributed by atoms with E-state index in [1.807, 2.05) is 25.1 Å². The van der Waals surface area contributed by atoms with Gasteiger partial charge in [-0.05, 0) is 55.0 Å². The van der Waals surface area contributed by atoms with Gasteiger partial charge in [0, 0.05) is 0 Å². The third-order valence-electron chi connectivity index (χ3n) is 6.33. The molecule has 172 valence electrons. The first kappa shape index (κ1) is 25.7. The maximum atomic E-state index is 12.2. The van der Waals surface area contributed by atoms with Gasteiger partial charge in [0.25, 0.3) is 0 Å². The number of unbranched alkanes of at least 4 members (excludes halogenated alkanes) is 8. The van der Waals surface area contributed by atoms with Crippen LogP contribution in [0.15, 0.2) is 48.5 Å². The Morgan fingerprint density at radius 1 is 0.812 bits per heavy atom.